The van der Waals surface area contributed by atoms with E-state index in [2.05, 4.69) is 4.98 Å². The largest absolute Gasteiger partial charge is 0.487 e. The fraction of sp³-hybridized carbons (Fsp3) is 0.333. The molecule has 1 aliphatic rings. The van der Waals surface area contributed by atoms with Gasteiger partial charge < -0.3 is 9.64 Å². The molecule has 0 atom stereocenters. The summed E-state index contributed by atoms with van der Waals surface area (Å²) in [6.45, 7) is 2.63. The van der Waals surface area contributed by atoms with Crippen LogP contribution in [0.25, 0.3) is 0 Å². The van der Waals surface area contributed by atoms with Gasteiger partial charge in [-0.15, -0.1) is 11.3 Å². The van der Waals surface area contributed by atoms with E-state index in [0.717, 1.165) is 17.8 Å². The molecule has 8 heteroatoms. The van der Waals surface area contributed by atoms with Crippen LogP contribution in [0.2, 0.25) is 0 Å². The Morgan fingerprint density at radius 2 is 2.13 bits per heavy atom. The molecule has 3 heterocycles. The lowest BCUT2D eigenvalue weighted by Gasteiger charge is -2.38. The molecule has 0 unspecified atom stereocenters. The van der Waals surface area contributed by atoms with Crippen LogP contribution in [0.3, 0.4) is 0 Å². The van der Waals surface area contributed by atoms with Crippen molar-refractivity contribution >= 4 is 17.2 Å². The van der Waals surface area contributed by atoms with Gasteiger partial charge in [-0.05, 0) is 30.0 Å². The monoisotopic (exact) mass is 342 g/mol. The average Bonchev–Trinajstić information content (AvgIpc) is 2.88. The minimum Gasteiger partial charge on any atom is -0.487 e. The maximum atomic E-state index is 12.6. The van der Waals surface area contributed by atoms with Gasteiger partial charge in [0.25, 0.3) is 5.91 Å². The number of aryl methyl sites for hydroxylation is 1. The zero-order valence-corrected chi connectivity index (χ0v) is 12.9. The summed E-state index contributed by atoms with van der Waals surface area (Å²) in [6.07, 6.45) is -3.74. The van der Waals surface area contributed by atoms with Gasteiger partial charge in [0.2, 0.25) is 0 Å². The van der Waals surface area contributed by atoms with Gasteiger partial charge in [0.15, 0.2) is 0 Å². The minimum atomic E-state index is -4.50. The first-order valence-electron chi connectivity index (χ1n) is 6.87. The Bertz CT molecular complexity index is 724. The first-order chi connectivity index (χ1) is 10.8. The van der Waals surface area contributed by atoms with Crippen molar-refractivity contribution in [2.45, 2.75) is 19.2 Å². The second kappa shape index (κ2) is 5.84. The van der Waals surface area contributed by atoms with Crippen LogP contribution in [0.1, 0.15) is 20.9 Å². The molecule has 0 aliphatic carbocycles. The van der Waals surface area contributed by atoms with E-state index < -0.39 is 11.9 Å². The van der Waals surface area contributed by atoms with Crippen molar-refractivity contribution in [1.82, 2.24) is 9.88 Å². The first-order valence-corrected chi connectivity index (χ1v) is 7.75. The third kappa shape index (κ3) is 3.47. The predicted octanol–water partition coefficient (Wildman–Crippen LogP) is 3.37. The van der Waals surface area contributed by atoms with Crippen LogP contribution in [-0.2, 0) is 6.18 Å². The molecule has 2 aromatic heterocycles. The Kier molecular flexibility index (Phi) is 4.01. The average molecular weight is 342 g/mol. The number of carbonyl (C=O) groups excluding carboxylic acids is 1. The molecule has 0 radical (unpaired) electrons. The predicted molar refractivity (Wildman–Crippen MR) is 78.6 cm³/mol. The number of nitrogens with zero attached hydrogens (tertiary/aromatic N) is 2. The van der Waals surface area contributed by atoms with Crippen LogP contribution in [0.5, 0.6) is 5.75 Å². The fourth-order valence-electron chi connectivity index (χ4n) is 2.21. The van der Waals surface area contributed by atoms with Crippen molar-refractivity contribution in [2.75, 3.05) is 13.1 Å². The summed E-state index contributed by atoms with van der Waals surface area (Å²) in [4.78, 5) is 17.7. The van der Waals surface area contributed by atoms with E-state index in [1.807, 2.05) is 18.4 Å². The lowest BCUT2D eigenvalue weighted by Crippen LogP contribution is -2.56. The van der Waals surface area contributed by atoms with Crippen molar-refractivity contribution in [1.29, 1.82) is 0 Å². The number of aromatic nitrogens is 1. The minimum absolute atomic E-state index is 0.0753. The highest BCUT2D eigenvalue weighted by atomic mass is 32.1. The Morgan fingerprint density at radius 1 is 1.39 bits per heavy atom. The normalized spacial score (nSPS) is 15.4. The number of alkyl halides is 3. The zero-order chi connectivity index (χ0) is 16.6. The highest BCUT2D eigenvalue weighted by Gasteiger charge is 2.35. The molecule has 2 aromatic rings. The number of hydrogen-bond acceptors (Lipinski definition) is 4. The molecule has 1 fully saturated rings. The van der Waals surface area contributed by atoms with Crippen LogP contribution < -0.4 is 4.74 Å². The summed E-state index contributed by atoms with van der Waals surface area (Å²) in [5.74, 6) is 0.0325. The Labute approximate surface area is 134 Å². The number of carbonyl (C=O) groups is 1. The second-order valence-electron chi connectivity index (χ2n) is 5.31. The third-order valence-electron chi connectivity index (χ3n) is 3.40. The zero-order valence-electron chi connectivity index (χ0n) is 12.1. The van der Waals surface area contributed by atoms with Gasteiger partial charge in [-0.2, -0.15) is 13.2 Å². The standard InChI is InChI=1S/C15H13F3N2O2S/c1-9-4-12(23-8-9)14(21)20-6-11(7-20)22-10-2-3-19-13(5-10)15(16,17)18/h2-5,8,11H,6-7H2,1H3. The molecule has 1 amide bonds. The van der Waals surface area contributed by atoms with Gasteiger partial charge in [-0.25, -0.2) is 0 Å². The quantitative estimate of drug-likeness (QED) is 0.859. The van der Waals surface area contributed by atoms with Crippen molar-refractivity contribution < 1.29 is 22.7 Å². The fourth-order valence-corrected chi connectivity index (χ4v) is 3.07. The smallest absolute Gasteiger partial charge is 0.433 e. The molecule has 0 spiro atoms. The molecule has 0 bridgehead atoms. The number of hydrogen-bond donors (Lipinski definition) is 0. The van der Waals surface area contributed by atoms with E-state index in [-0.39, 0.29) is 17.8 Å². The summed E-state index contributed by atoms with van der Waals surface area (Å²) in [5, 5.41) is 1.90. The van der Waals surface area contributed by atoms with E-state index in [0.29, 0.717) is 18.0 Å². The number of thiophene rings is 1. The lowest BCUT2D eigenvalue weighted by atomic mass is 10.1. The maximum absolute atomic E-state index is 12.6. The van der Waals surface area contributed by atoms with Gasteiger partial charge in [-0.1, -0.05) is 0 Å². The number of likely N-dealkylation sites (tertiary alicyclic amines) is 1. The van der Waals surface area contributed by atoms with E-state index in [9.17, 15) is 18.0 Å². The third-order valence-corrected chi connectivity index (χ3v) is 4.44. The molecular formula is C15H13F3N2O2S. The van der Waals surface area contributed by atoms with Crippen molar-refractivity contribution in [2.24, 2.45) is 0 Å². The molecule has 23 heavy (non-hydrogen) atoms. The first kappa shape index (κ1) is 15.8. The van der Waals surface area contributed by atoms with E-state index in [4.69, 9.17) is 4.74 Å². The van der Waals surface area contributed by atoms with Crippen molar-refractivity contribution in [3.63, 3.8) is 0 Å². The Hall–Kier alpha value is -2.09. The molecule has 0 aromatic carbocycles. The number of rotatable bonds is 3. The van der Waals surface area contributed by atoms with Crippen LogP contribution in [-0.4, -0.2) is 35.0 Å². The molecule has 0 saturated carbocycles. The van der Waals surface area contributed by atoms with Gasteiger partial charge in [0.05, 0.1) is 18.0 Å². The van der Waals surface area contributed by atoms with Gasteiger partial charge in [-0.3, -0.25) is 9.78 Å². The molecular weight excluding hydrogens is 329 g/mol. The summed E-state index contributed by atoms with van der Waals surface area (Å²) < 4.78 is 43.2. The van der Waals surface area contributed by atoms with E-state index >= 15 is 0 Å². The highest BCUT2D eigenvalue weighted by molar-refractivity contribution is 7.12. The van der Waals surface area contributed by atoms with E-state index in [1.54, 1.807) is 4.90 Å². The second-order valence-corrected chi connectivity index (χ2v) is 6.22. The number of halogens is 3. The summed E-state index contributed by atoms with van der Waals surface area (Å²) in [6, 6.07) is 4.06. The van der Waals surface area contributed by atoms with Crippen LogP contribution in [0.15, 0.2) is 29.8 Å². The van der Waals surface area contributed by atoms with Crippen LogP contribution >= 0.6 is 11.3 Å². The molecule has 1 aliphatic heterocycles. The molecule has 3 rings (SSSR count). The summed E-state index contributed by atoms with van der Waals surface area (Å²) in [5.41, 5.74) is 0.0412. The van der Waals surface area contributed by atoms with Crippen molar-refractivity contribution in [3.05, 3.63) is 45.9 Å². The highest BCUT2D eigenvalue weighted by Crippen LogP contribution is 2.30. The molecule has 122 valence electrons. The Morgan fingerprint density at radius 3 is 2.74 bits per heavy atom. The van der Waals surface area contributed by atoms with Gasteiger partial charge >= 0.3 is 6.18 Å². The summed E-state index contributed by atoms with van der Waals surface area (Å²) >= 11 is 1.38. The maximum Gasteiger partial charge on any atom is 0.433 e. The number of pyridine rings is 1. The van der Waals surface area contributed by atoms with Crippen LogP contribution in [0, 0.1) is 6.92 Å². The van der Waals surface area contributed by atoms with E-state index in [1.165, 1.54) is 17.4 Å². The van der Waals surface area contributed by atoms with Gasteiger partial charge in [0.1, 0.15) is 17.5 Å². The topological polar surface area (TPSA) is 42.4 Å². The number of ether oxygens (including phenoxy) is 1. The molecule has 0 N–H and O–H groups in total. The Balaban J connectivity index is 1.57. The SMILES string of the molecule is Cc1csc(C(=O)N2CC(Oc3ccnc(C(F)(F)F)c3)C2)c1. The van der Waals surface area contributed by atoms with Gasteiger partial charge in [0, 0.05) is 12.3 Å². The molecule has 4 nitrogen and oxygen atoms in total. The molecule has 1 saturated heterocycles. The van der Waals surface area contributed by atoms with Crippen molar-refractivity contribution in [3.8, 4) is 5.75 Å². The number of amides is 1. The summed E-state index contributed by atoms with van der Waals surface area (Å²) in [7, 11) is 0. The van der Waals surface area contributed by atoms with Crippen LogP contribution in [0.4, 0.5) is 13.2 Å². The lowest BCUT2D eigenvalue weighted by molar-refractivity contribution is -0.141.